The fourth-order valence-electron chi connectivity index (χ4n) is 1.99. The fraction of sp³-hybridized carbons (Fsp3) is 0.278. The van der Waals surface area contributed by atoms with Crippen molar-refractivity contribution in [1.82, 2.24) is 10.3 Å². The second kappa shape index (κ2) is 8.10. The van der Waals surface area contributed by atoms with Gasteiger partial charge in [-0.25, -0.2) is 0 Å². The van der Waals surface area contributed by atoms with Gasteiger partial charge >= 0.3 is 5.97 Å². The summed E-state index contributed by atoms with van der Waals surface area (Å²) >= 11 is 0. The molecule has 0 aliphatic rings. The summed E-state index contributed by atoms with van der Waals surface area (Å²) in [5.41, 5.74) is 0.909. The Morgan fingerprint density at radius 3 is 2.50 bits per heavy atom. The van der Waals surface area contributed by atoms with E-state index in [1.165, 1.54) is 7.11 Å². The predicted octanol–water partition coefficient (Wildman–Crippen LogP) is 2.58. The van der Waals surface area contributed by atoms with E-state index < -0.39 is 0 Å². The highest BCUT2D eigenvalue weighted by atomic mass is 16.5. The number of hydrogen-bond acceptors (Lipinski definition) is 5. The van der Waals surface area contributed by atoms with Gasteiger partial charge in [-0.1, -0.05) is 26.0 Å². The van der Waals surface area contributed by atoms with Crippen LogP contribution >= 0.6 is 0 Å². The summed E-state index contributed by atoms with van der Waals surface area (Å²) in [5.74, 6) is -0.0184. The Bertz CT molecular complexity index is 714. The molecule has 1 N–H and O–H groups in total. The number of methoxy groups -OCH3 is 1. The van der Waals surface area contributed by atoms with Crippen LogP contribution in [0, 0.1) is 5.92 Å². The summed E-state index contributed by atoms with van der Waals surface area (Å²) in [5, 5.41) is 2.76. The molecule has 0 bridgehead atoms. The summed E-state index contributed by atoms with van der Waals surface area (Å²) in [6.07, 6.45) is 1.55. The number of carbonyl (C=O) groups excluding carboxylic acids is 2. The van der Waals surface area contributed by atoms with Crippen LogP contribution in [0.1, 0.15) is 29.9 Å². The van der Waals surface area contributed by atoms with Crippen molar-refractivity contribution >= 4 is 11.9 Å². The molecule has 2 rings (SSSR count). The minimum Gasteiger partial charge on any atom is -0.496 e. The molecule has 0 atom stereocenters. The van der Waals surface area contributed by atoms with Gasteiger partial charge in [0.2, 0.25) is 0 Å². The Kier molecular flexibility index (Phi) is 5.89. The van der Waals surface area contributed by atoms with Crippen molar-refractivity contribution < 1.29 is 19.1 Å². The van der Waals surface area contributed by atoms with Crippen LogP contribution in [0.3, 0.4) is 0 Å². The number of rotatable bonds is 6. The molecule has 0 radical (unpaired) electrons. The van der Waals surface area contributed by atoms with Crippen LogP contribution < -0.4 is 14.8 Å². The lowest BCUT2D eigenvalue weighted by Gasteiger charge is -2.15. The number of nitrogens with zero attached hydrogens (tertiary/aromatic N) is 1. The van der Waals surface area contributed by atoms with Crippen molar-refractivity contribution in [3.8, 4) is 11.5 Å². The first-order valence-corrected chi connectivity index (χ1v) is 7.59. The molecule has 1 heterocycles. The molecule has 0 spiro atoms. The molecule has 1 amide bonds. The highest BCUT2D eigenvalue weighted by Gasteiger charge is 2.17. The van der Waals surface area contributed by atoms with E-state index >= 15 is 0 Å². The SMILES string of the molecule is COc1cccc(OC(=O)C(C)C)c1CNC(=O)c1ccccn1. The Balaban J connectivity index is 2.18. The first kappa shape index (κ1) is 17.5. The summed E-state index contributed by atoms with van der Waals surface area (Å²) in [6, 6.07) is 10.2. The number of pyridine rings is 1. The topological polar surface area (TPSA) is 77.5 Å². The van der Waals surface area contributed by atoms with Crippen molar-refractivity contribution in [3.05, 3.63) is 53.9 Å². The molecule has 6 heteroatoms. The van der Waals surface area contributed by atoms with Crippen LogP contribution in [-0.2, 0) is 11.3 Å². The summed E-state index contributed by atoms with van der Waals surface area (Å²) in [7, 11) is 1.52. The van der Waals surface area contributed by atoms with Crippen molar-refractivity contribution in [2.45, 2.75) is 20.4 Å². The molecule has 0 saturated heterocycles. The maximum atomic E-state index is 12.1. The molecular weight excluding hydrogens is 308 g/mol. The molecular formula is C18H20N2O4. The lowest BCUT2D eigenvalue weighted by atomic mass is 10.1. The highest BCUT2D eigenvalue weighted by molar-refractivity contribution is 5.92. The van der Waals surface area contributed by atoms with E-state index in [1.54, 1.807) is 56.4 Å². The quantitative estimate of drug-likeness (QED) is 0.651. The largest absolute Gasteiger partial charge is 0.496 e. The third-order valence-electron chi connectivity index (χ3n) is 3.32. The van der Waals surface area contributed by atoms with Gasteiger partial charge in [0, 0.05) is 6.20 Å². The minimum absolute atomic E-state index is 0.153. The molecule has 1 aromatic heterocycles. The third kappa shape index (κ3) is 4.32. The second-order valence-corrected chi connectivity index (χ2v) is 5.41. The maximum absolute atomic E-state index is 12.1. The fourth-order valence-corrected chi connectivity index (χ4v) is 1.99. The van der Waals surface area contributed by atoms with Crippen LogP contribution in [0.2, 0.25) is 0 Å². The molecule has 24 heavy (non-hydrogen) atoms. The first-order valence-electron chi connectivity index (χ1n) is 7.59. The molecule has 2 aromatic rings. The molecule has 0 aliphatic carbocycles. The van der Waals surface area contributed by atoms with Gasteiger partial charge in [0.1, 0.15) is 17.2 Å². The standard InChI is InChI=1S/C18H20N2O4/c1-12(2)18(22)24-16-9-6-8-15(23-3)13(16)11-20-17(21)14-7-4-5-10-19-14/h4-10,12H,11H2,1-3H3,(H,20,21). The van der Waals surface area contributed by atoms with Crippen LogP contribution in [0.4, 0.5) is 0 Å². The van der Waals surface area contributed by atoms with E-state index in [1.807, 2.05) is 0 Å². The van der Waals surface area contributed by atoms with E-state index in [9.17, 15) is 9.59 Å². The summed E-state index contributed by atoms with van der Waals surface area (Å²) < 4.78 is 10.7. The number of carbonyl (C=O) groups is 2. The van der Waals surface area contributed by atoms with Gasteiger partial charge in [-0.05, 0) is 24.3 Å². The Morgan fingerprint density at radius 2 is 1.88 bits per heavy atom. The lowest BCUT2D eigenvalue weighted by molar-refractivity contribution is -0.137. The lowest BCUT2D eigenvalue weighted by Crippen LogP contribution is -2.25. The molecule has 0 unspecified atom stereocenters. The Morgan fingerprint density at radius 1 is 1.12 bits per heavy atom. The van der Waals surface area contributed by atoms with Crippen LogP contribution in [0.5, 0.6) is 11.5 Å². The van der Waals surface area contributed by atoms with E-state index in [-0.39, 0.29) is 24.3 Å². The van der Waals surface area contributed by atoms with E-state index in [0.29, 0.717) is 22.8 Å². The number of amides is 1. The third-order valence-corrected chi connectivity index (χ3v) is 3.32. The molecule has 0 fully saturated rings. The van der Waals surface area contributed by atoms with E-state index in [2.05, 4.69) is 10.3 Å². The zero-order chi connectivity index (χ0) is 17.5. The molecule has 1 aromatic carbocycles. The van der Waals surface area contributed by atoms with Gasteiger partial charge in [-0.15, -0.1) is 0 Å². The average molecular weight is 328 g/mol. The zero-order valence-corrected chi connectivity index (χ0v) is 13.9. The smallest absolute Gasteiger partial charge is 0.313 e. The van der Waals surface area contributed by atoms with Crippen LogP contribution in [-0.4, -0.2) is 24.0 Å². The molecule has 0 saturated carbocycles. The van der Waals surface area contributed by atoms with Crippen molar-refractivity contribution in [1.29, 1.82) is 0 Å². The molecule has 6 nitrogen and oxygen atoms in total. The van der Waals surface area contributed by atoms with E-state index in [0.717, 1.165) is 0 Å². The van der Waals surface area contributed by atoms with Gasteiger partial charge in [-0.3, -0.25) is 14.6 Å². The van der Waals surface area contributed by atoms with Crippen molar-refractivity contribution in [3.63, 3.8) is 0 Å². The Labute approximate surface area is 140 Å². The van der Waals surface area contributed by atoms with Crippen molar-refractivity contribution in [2.75, 3.05) is 7.11 Å². The van der Waals surface area contributed by atoms with Crippen LogP contribution in [0.25, 0.3) is 0 Å². The van der Waals surface area contributed by atoms with Gasteiger partial charge < -0.3 is 14.8 Å². The highest BCUT2D eigenvalue weighted by Crippen LogP contribution is 2.29. The van der Waals surface area contributed by atoms with E-state index in [4.69, 9.17) is 9.47 Å². The average Bonchev–Trinajstić information content (AvgIpc) is 2.60. The number of aromatic nitrogens is 1. The number of hydrogen-bond donors (Lipinski definition) is 1. The summed E-state index contributed by atoms with van der Waals surface area (Å²) in [4.78, 5) is 28.0. The molecule has 0 aliphatic heterocycles. The van der Waals surface area contributed by atoms with Gasteiger partial charge in [0.25, 0.3) is 5.91 Å². The number of esters is 1. The van der Waals surface area contributed by atoms with Gasteiger partial charge in [0.05, 0.1) is 25.1 Å². The first-order chi connectivity index (χ1) is 11.5. The number of ether oxygens (including phenoxy) is 2. The van der Waals surface area contributed by atoms with Crippen LogP contribution in [0.15, 0.2) is 42.6 Å². The Hall–Kier alpha value is -2.89. The molecule has 126 valence electrons. The number of benzene rings is 1. The zero-order valence-electron chi connectivity index (χ0n) is 13.9. The normalized spacial score (nSPS) is 10.3. The maximum Gasteiger partial charge on any atom is 0.313 e. The monoisotopic (exact) mass is 328 g/mol. The van der Waals surface area contributed by atoms with Gasteiger partial charge in [-0.2, -0.15) is 0 Å². The van der Waals surface area contributed by atoms with Crippen molar-refractivity contribution in [2.24, 2.45) is 5.92 Å². The summed E-state index contributed by atoms with van der Waals surface area (Å²) in [6.45, 7) is 3.66. The number of nitrogens with one attached hydrogen (secondary N) is 1. The predicted molar refractivity (Wildman–Crippen MR) is 88.9 cm³/mol. The van der Waals surface area contributed by atoms with Gasteiger partial charge in [0.15, 0.2) is 0 Å². The minimum atomic E-state index is -0.347. The second-order valence-electron chi connectivity index (χ2n) is 5.41.